The Balaban J connectivity index is 2.17. The molecule has 1 fully saturated rings. The van der Waals surface area contributed by atoms with Crippen LogP contribution in [0.5, 0.6) is 0 Å². The van der Waals surface area contributed by atoms with Crippen LogP contribution in [-0.4, -0.2) is 19.1 Å². The predicted octanol–water partition coefficient (Wildman–Crippen LogP) is -1.66. The molecule has 0 saturated carbocycles. The highest BCUT2D eigenvalue weighted by atomic mass is 14.9. The first-order valence-electron chi connectivity index (χ1n) is 3.54. The highest BCUT2D eigenvalue weighted by molar-refractivity contribution is 4.52. The number of hydrogen-bond acceptors (Lipinski definition) is 0. The van der Waals surface area contributed by atoms with Crippen molar-refractivity contribution < 1.29 is 11.1 Å². The maximum absolute atomic E-state index is 4.03. The summed E-state index contributed by atoms with van der Waals surface area (Å²) >= 11 is 0. The fourth-order valence-electron chi connectivity index (χ4n) is 1.19. The first-order chi connectivity index (χ1) is 3.89. The van der Waals surface area contributed by atoms with Gasteiger partial charge in [0.1, 0.15) is 12.6 Å². The SMILES string of the molecule is [NH3+][C@@H]1CCCC[NH2+]C1. The van der Waals surface area contributed by atoms with Crippen LogP contribution in [0.25, 0.3) is 0 Å². The van der Waals surface area contributed by atoms with Crippen molar-refractivity contribution in [2.45, 2.75) is 25.3 Å². The van der Waals surface area contributed by atoms with E-state index in [0.29, 0.717) is 0 Å². The zero-order chi connectivity index (χ0) is 5.82. The predicted molar refractivity (Wildman–Crippen MR) is 32.2 cm³/mol. The molecule has 0 radical (unpaired) electrons. The van der Waals surface area contributed by atoms with Gasteiger partial charge in [-0.2, -0.15) is 0 Å². The highest BCUT2D eigenvalue weighted by Crippen LogP contribution is 1.95. The van der Waals surface area contributed by atoms with Crippen molar-refractivity contribution in [2.24, 2.45) is 0 Å². The van der Waals surface area contributed by atoms with Crippen LogP contribution < -0.4 is 11.1 Å². The second-order valence-corrected chi connectivity index (χ2v) is 2.67. The van der Waals surface area contributed by atoms with Gasteiger partial charge in [-0.25, -0.2) is 0 Å². The highest BCUT2D eigenvalue weighted by Gasteiger charge is 2.10. The van der Waals surface area contributed by atoms with E-state index in [4.69, 9.17) is 0 Å². The summed E-state index contributed by atoms with van der Waals surface area (Å²) < 4.78 is 0. The molecule has 0 amide bonds. The number of nitrogens with two attached hydrogens (primary N) is 1. The van der Waals surface area contributed by atoms with Gasteiger partial charge in [0.15, 0.2) is 0 Å². The third kappa shape index (κ3) is 1.80. The van der Waals surface area contributed by atoms with Crippen LogP contribution in [0.4, 0.5) is 0 Å². The Hall–Kier alpha value is -0.0800. The molecule has 0 aromatic rings. The lowest BCUT2D eigenvalue weighted by molar-refractivity contribution is -0.677. The summed E-state index contributed by atoms with van der Waals surface area (Å²) in [5.74, 6) is 0. The van der Waals surface area contributed by atoms with E-state index in [2.05, 4.69) is 11.1 Å². The molecule has 2 nitrogen and oxygen atoms in total. The zero-order valence-electron chi connectivity index (χ0n) is 5.40. The van der Waals surface area contributed by atoms with Gasteiger partial charge in [-0.15, -0.1) is 0 Å². The second kappa shape index (κ2) is 3.05. The maximum atomic E-state index is 4.03. The average Bonchev–Trinajstić information content (AvgIpc) is 1.94. The molecule has 48 valence electrons. The zero-order valence-corrected chi connectivity index (χ0v) is 5.40. The summed E-state index contributed by atoms with van der Waals surface area (Å²) in [6.45, 7) is 2.58. The van der Waals surface area contributed by atoms with Crippen LogP contribution in [0.3, 0.4) is 0 Å². The molecule has 1 heterocycles. The van der Waals surface area contributed by atoms with Crippen LogP contribution in [0.15, 0.2) is 0 Å². The molecule has 0 aromatic heterocycles. The van der Waals surface area contributed by atoms with Gasteiger partial charge in [0.25, 0.3) is 0 Å². The molecule has 0 bridgehead atoms. The van der Waals surface area contributed by atoms with E-state index in [0.717, 1.165) is 6.04 Å². The first kappa shape index (κ1) is 6.05. The van der Waals surface area contributed by atoms with E-state index in [1.807, 2.05) is 0 Å². The van der Waals surface area contributed by atoms with Gasteiger partial charge in [-0.05, 0) is 12.8 Å². The van der Waals surface area contributed by atoms with E-state index in [1.54, 1.807) is 0 Å². The molecule has 1 aliphatic heterocycles. The number of quaternary nitrogens is 2. The Morgan fingerprint density at radius 2 is 2.25 bits per heavy atom. The van der Waals surface area contributed by atoms with E-state index >= 15 is 0 Å². The molecule has 0 aliphatic carbocycles. The summed E-state index contributed by atoms with van der Waals surface area (Å²) in [5, 5.41) is 2.38. The van der Waals surface area contributed by atoms with Crippen molar-refractivity contribution in [1.29, 1.82) is 0 Å². The van der Waals surface area contributed by atoms with Gasteiger partial charge in [0.05, 0.1) is 6.54 Å². The molecular weight excluding hydrogens is 100 g/mol. The molecule has 1 saturated heterocycles. The molecule has 1 aliphatic rings. The van der Waals surface area contributed by atoms with Gasteiger partial charge in [-0.3, -0.25) is 0 Å². The van der Waals surface area contributed by atoms with E-state index in [1.165, 1.54) is 32.4 Å². The Bertz CT molecular complexity index is 55.5. The molecule has 0 aromatic carbocycles. The van der Waals surface area contributed by atoms with Crippen LogP contribution in [-0.2, 0) is 0 Å². The number of hydrogen-bond donors (Lipinski definition) is 2. The lowest BCUT2D eigenvalue weighted by Crippen LogP contribution is -2.89. The Morgan fingerprint density at radius 3 is 3.12 bits per heavy atom. The summed E-state index contributed by atoms with van der Waals surface area (Å²) in [5.41, 5.74) is 4.03. The normalized spacial score (nSPS) is 31.9. The lowest BCUT2D eigenvalue weighted by Gasteiger charge is -1.98. The molecular formula is C6H16N2+2. The van der Waals surface area contributed by atoms with Gasteiger partial charge < -0.3 is 11.1 Å². The molecule has 1 atom stereocenters. The third-order valence-corrected chi connectivity index (χ3v) is 1.77. The molecule has 8 heavy (non-hydrogen) atoms. The van der Waals surface area contributed by atoms with Gasteiger partial charge in [0, 0.05) is 6.42 Å². The average molecular weight is 116 g/mol. The summed E-state index contributed by atoms with van der Waals surface area (Å²) in [7, 11) is 0. The largest absolute Gasteiger partial charge is 0.350 e. The second-order valence-electron chi connectivity index (χ2n) is 2.67. The summed E-state index contributed by atoms with van der Waals surface area (Å²) in [4.78, 5) is 0. The van der Waals surface area contributed by atoms with Gasteiger partial charge in [-0.1, -0.05) is 0 Å². The van der Waals surface area contributed by atoms with Gasteiger partial charge >= 0.3 is 0 Å². The molecule has 1 rings (SSSR count). The minimum absolute atomic E-state index is 0.720. The third-order valence-electron chi connectivity index (χ3n) is 1.77. The minimum Gasteiger partial charge on any atom is -0.350 e. The van der Waals surface area contributed by atoms with Crippen molar-refractivity contribution in [2.75, 3.05) is 13.1 Å². The molecule has 2 heteroatoms. The minimum atomic E-state index is 0.720. The number of rotatable bonds is 0. The molecule has 5 N–H and O–H groups in total. The smallest absolute Gasteiger partial charge is 0.134 e. The molecule has 0 unspecified atom stereocenters. The van der Waals surface area contributed by atoms with Crippen molar-refractivity contribution >= 4 is 0 Å². The van der Waals surface area contributed by atoms with E-state index in [9.17, 15) is 0 Å². The quantitative estimate of drug-likeness (QED) is 0.381. The van der Waals surface area contributed by atoms with E-state index < -0.39 is 0 Å². The fourth-order valence-corrected chi connectivity index (χ4v) is 1.19. The van der Waals surface area contributed by atoms with Crippen LogP contribution in [0.1, 0.15) is 19.3 Å². The Kier molecular flexibility index (Phi) is 2.30. The van der Waals surface area contributed by atoms with E-state index in [-0.39, 0.29) is 0 Å². The fraction of sp³-hybridized carbons (Fsp3) is 1.00. The lowest BCUT2D eigenvalue weighted by atomic mass is 10.2. The van der Waals surface area contributed by atoms with Crippen molar-refractivity contribution in [1.82, 2.24) is 0 Å². The topological polar surface area (TPSA) is 44.2 Å². The monoisotopic (exact) mass is 116 g/mol. The maximum Gasteiger partial charge on any atom is 0.134 e. The first-order valence-corrected chi connectivity index (χ1v) is 3.54. The van der Waals surface area contributed by atoms with Crippen molar-refractivity contribution in [3.63, 3.8) is 0 Å². The van der Waals surface area contributed by atoms with Gasteiger partial charge in [0.2, 0.25) is 0 Å². The van der Waals surface area contributed by atoms with Crippen LogP contribution in [0.2, 0.25) is 0 Å². The Labute approximate surface area is 50.4 Å². The van der Waals surface area contributed by atoms with Crippen LogP contribution >= 0.6 is 0 Å². The summed E-state index contributed by atoms with van der Waals surface area (Å²) in [6.07, 6.45) is 4.13. The summed E-state index contributed by atoms with van der Waals surface area (Å²) in [6, 6.07) is 0.720. The molecule has 0 spiro atoms. The van der Waals surface area contributed by atoms with Crippen LogP contribution in [0, 0.1) is 0 Å². The standard InChI is InChI=1S/C6H14N2/c7-6-3-1-2-4-8-5-6/h6,8H,1-5,7H2/p+2/t6-/m1/s1. The van der Waals surface area contributed by atoms with Crippen molar-refractivity contribution in [3.05, 3.63) is 0 Å². The van der Waals surface area contributed by atoms with Crippen molar-refractivity contribution in [3.8, 4) is 0 Å². The Morgan fingerprint density at radius 1 is 1.38 bits per heavy atom.